The van der Waals surface area contributed by atoms with Gasteiger partial charge in [0, 0.05) is 34.9 Å². The molecule has 1 saturated heterocycles. The normalized spacial score (nSPS) is 18.8. The first-order chi connectivity index (χ1) is 17.9. The molecule has 188 valence electrons. The first-order valence-corrected chi connectivity index (χ1v) is 12.5. The van der Waals surface area contributed by atoms with Gasteiger partial charge in [0.1, 0.15) is 0 Å². The number of amides is 4. The minimum Gasteiger partial charge on any atom is -0.343 e. The Bertz CT molecular complexity index is 1350. The van der Waals surface area contributed by atoms with E-state index >= 15 is 0 Å². The topological polar surface area (TPSA) is 103 Å². The largest absolute Gasteiger partial charge is 0.343 e. The quantitative estimate of drug-likeness (QED) is 0.460. The van der Waals surface area contributed by atoms with Gasteiger partial charge in [0.2, 0.25) is 11.6 Å². The monoisotopic (exact) mass is 515 g/mol. The van der Waals surface area contributed by atoms with E-state index in [1.54, 1.807) is 35.2 Å². The Morgan fingerprint density at radius 1 is 0.946 bits per heavy atom. The molecule has 9 heteroatoms. The molecular weight excluding hydrogens is 490 g/mol. The fourth-order valence-electron chi connectivity index (χ4n) is 4.57. The smallest absolute Gasteiger partial charge is 0.321 e. The molecule has 3 N–H and O–H groups in total. The summed E-state index contributed by atoms with van der Waals surface area (Å²) in [6.07, 6.45) is 1.48. The Morgan fingerprint density at radius 2 is 1.62 bits per heavy atom. The number of para-hydroxylation sites is 1. The molecule has 5 rings (SSSR count). The number of hydrogen-bond acceptors (Lipinski definition) is 4. The molecule has 2 aliphatic rings. The van der Waals surface area contributed by atoms with Crippen LogP contribution < -0.4 is 16.0 Å². The van der Waals surface area contributed by atoms with E-state index in [1.807, 2.05) is 48.5 Å². The Kier molecular flexibility index (Phi) is 6.92. The molecule has 0 bridgehead atoms. The zero-order valence-corrected chi connectivity index (χ0v) is 20.8. The summed E-state index contributed by atoms with van der Waals surface area (Å²) in [6.45, 7) is 1.23. The summed E-state index contributed by atoms with van der Waals surface area (Å²) >= 11 is 5.96. The average Bonchev–Trinajstić information content (AvgIpc) is 3.41. The van der Waals surface area contributed by atoms with E-state index in [-0.39, 0.29) is 12.3 Å². The Balaban J connectivity index is 1.58. The molecule has 1 atom stereocenters. The minimum atomic E-state index is -1.89. The van der Waals surface area contributed by atoms with E-state index in [4.69, 9.17) is 16.6 Å². The van der Waals surface area contributed by atoms with Crippen molar-refractivity contribution in [1.82, 2.24) is 10.2 Å². The van der Waals surface area contributed by atoms with Gasteiger partial charge in [0.25, 0.3) is 5.91 Å². The molecule has 4 amide bonds. The number of likely N-dealkylation sites (tertiary alicyclic amines) is 1. The van der Waals surface area contributed by atoms with Crippen LogP contribution in [0.3, 0.4) is 0 Å². The zero-order valence-electron chi connectivity index (χ0n) is 20.0. The first kappa shape index (κ1) is 24.5. The summed E-state index contributed by atoms with van der Waals surface area (Å²) in [5, 5.41) is 8.89. The number of benzodiazepines with no additional fused rings is 1. The molecule has 0 aliphatic carbocycles. The van der Waals surface area contributed by atoms with Crippen LogP contribution in [0.15, 0.2) is 83.9 Å². The van der Waals surface area contributed by atoms with Gasteiger partial charge in [0.15, 0.2) is 0 Å². The number of fused-ring (bicyclic) bond motifs is 1. The number of rotatable bonds is 5. The van der Waals surface area contributed by atoms with Crippen molar-refractivity contribution in [3.8, 4) is 0 Å². The van der Waals surface area contributed by atoms with Gasteiger partial charge in [-0.3, -0.25) is 9.59 Å². The summed E-state index contributed by atoms with van der Waals surface area (Å²) in [4.78, 5) is 47.0. The molecular formula is C28H26ClN5O3. The van der Waals surface area contributed by atoms with Crippen LogP contribution in [0.4, 0.5) is 16.2 Å². The van der Waals surface area contributed by atoms with Gasteiger partial charge in [0.05, 0.1) is 17.8 Å². The summed E-state index contributed by atoms with van der Waals surface area (Å²) in [5.41, 5.74) is 1.08. The van der Waals surface area contributed by atoms with Crippen LogP contribution in [-0.4, -0.2) is 47.2 Å². The second-order valence-corrected chi connectivity index (χ2v) is 9.47. The highest BCUT2D eigenvalue weighted by atomic mass is 35.5. The van der Waals surface area contributed by atoms with Gasteiger partial charge in [-0.15, -0.1) is 0 Å². The number of benzene rings is 3. The van der Waals surface area contributed by atoms with E-state index in [1.165, 1.54) is 0 Å². The lowest BCUT2D eigenvalue weighted by Gasteiger charge is -2.30. The molecule has 0 spiro atoms. The zero-order chi connectivity index (χ0) is 25.8. The Hall–Kier alpha value is -4.17. The minimum absolute atomic E-state index is 0.249. The number of nitrogens with one attached hydrogen (secondary N) is 3. The Morgan fingerprint density at radius 3 is 2.35 bits per heavy atom. The molecule has 3 aromatic carbocycles. The second kappa shape index (κ2) is 10.4. The fraction of sp³-hybridized carbons (Fsp3) is 0.214. The number of carbonyl (C=O) groups is 3. The lowest BCUT2D eigenvalue weighted by atomic mass is 10.00. The molecule has 1 fully saturated rings. The summed E-state index contributed by atoms with van der Waals surface area (Å²) in [7, 11) is 0. The van der Waals surface area contributed by atoms with Crippen molar-refractivity contribution < 1.29 is 14.4 Å². The maximum atomic E-state index is 13.8. The number of carbonyl (C=O) groups excluding carboxylic acids is 3. The SMILES string of the molecule is O=C(Nc1ccc(Cl)cc1)NC1(CC(=O)N2CCCC2)N=C(c2ccccc2)c2ccccc2NC1=O. The predicted molar refractivity (Wildman–Crippen MR) is 144 cm³/mol. The van der Waals surface area contributed by atoms with Gasteiger partial charge in [-0.05, 0) is 43.2 Å². The molecule has 3 aromatic rings. The molecule has 37 heavy (non-hydrogen) atoms. The van der Waals surface area contributed by atoms with Crippen molar-refractivity contribution in [1.29, 1.82) is 0 Å². The highest BCUT2D eigenvalue weighted by Gasteiger charge is 2.45. The third-order valence-corrected chi connectivity index (χ3v) is 6.70. The maximum Gasteiger partial charge on any atom is 0.321 e. The van der Waals surface area contributed by atoms with Crippen molar-refractivity contribution in [2.24, 2.45) is 4.99 Å². The third-order valence-electron chi connectivity index (χ3n) is 6.44. The lowest BCUT2D eigenvalue weighted by Crippen LogP contribution is -2.58. The number of anilines is 2. The van der Waals surface area contributed by atoms with Crippen LogP contribution in [0.1, 0.15) is 30.4 Å². The van der Waals surface area contributed by atoms with Crippen molar-refractivity contribution in [3.63, 3.8) is 0 Å². The van der Waals surface area contributed by atoms with Crippen LogP contribution in [0.25, 0.3) is 0 Å². The molecule has 0 radical (unpaired) electrons. The van der Waals surface area contributed by atoms with Crippen LogP contribution in [-0.2, 0) is 9.59 Å². The molecule has 0 saturated carbocycles. The van der Waals surface area contributed by atoms with Crippen molar-refractivity contribution >= 4 is 46.5 Å². The van der Waals surface area contributed by atoms with E-state index in [0.717, 1.165) is 18.4 Å². The van der Waals surface area contributed by atoms with Crippen molar-refractivity contribution in [2.75, 3.05) is 23.7 Å². The highest BCUT2D eigenvalue weighted by Crippen LogP contribution is 2.30. The molecule has 0 aromatic heterocycles. The maximum absolute atomic E-state index is 13.8. The van der Waals surface area contributed by atoms with Crippen molar-refractivity contribution in [3.05, 3.63) is 95.0 Å². The highest BCUT2D eigenvalue weighted by molar-refractivity contribution is 6.30. The molecule has 1 unspecified atom stereocenters. The van der Waals surface area contributed by atoms with Crippen LogP contribution >= 0.6 is 11.6 Å². The van der Waals surface area contributed by atoms with Crippen LogP contribution in [0, 0.1) is 0 Å². The van der Waals surface area contributed by atoms with Gasteiger partial charge >= 0.3 is 6.03 Å². The van der Waals surface area contributed by atoms with Gasteiger partial charge in [-0.2, -0.15) is 0 Å². The van der Waals surface area contributed by atoms with E-state index < -0.39 is 17.6 Å². The number of hydrogen-bond donors (Lipinski definition) is 3. The number of urea groups is 1. The van der Waals surface area contributed by atoms with E-state index in [2.05, 4.69) is 16.0 Å². The number of nitrogens with zero attached hydrogens (tertiary/aromatic N) is 2. The molecule has 2 aliphatic heterocycles. The number of aliphatic imine (C=N–C) groups is 1. The predicted octanol–water partition coefficient (Wildman–Crippen LogP) is 4.66. The fourth-order valence-corrected chi connectivity index (χ4v) is 4.70. The second-order valence-electron chi connectivity index (χ2n) is 9.04. The third kappa shape index (κ3) is 5.34. The number of halogens is 1. The van der Waals surface area contributed by atoms with Gasteiger partial charge < -0.3 is 20.9 Å². The molecule has 8 nitrogen and oxygen atoms in total. The van der Waals surface area contributed by atoms with E-state index in [9.17, 15) is 14.4 Å². The average molecular weight is 516 g/mol. The Labute approximate surface area is 219 Å². The van der Waals surface area contributed by atoms with Crippen molar-refractivity contribution in [2.45, 2.75) is 24.9 Å². The summed E-state index contributed by atoms with van der Waals surface area (Å²) in [6, 6.07) is 22.6. The first-order valence-electron chi connectivity index (χ1n) is 12.1. The van der Waals surface area contributed by atoms with Gasteiger partial charge in [-0.1, -0.05) is 60.1 Å². The van der Waals surface area contributed by atoms with Crippen LogP contribution in [0.2, 0.25) is 5.02 Å². The lowest BCUT2D eigenvalue weighted by molar-refractivity contribution is -0.135. The molecule has 2 heterocycles. The van der Waals surface area contributed by atoms with Crippen LogP contribution in [0.5, 0.6) is 0 Å². The summed E-state index contributed by atoms with van der Waals surface area (Å²) in [5.74, 6) is -0.841. The van der Waals surface area contributed by atoms with Gasteiger partial charge in [-0.25, -0.2) is 9.79 Å². The van der Waals surface area contributed by atoms with E-state index in [0.29, 0.717) is 40.8 Å². The summed E-state index contributed by atoms with van der Waals surface area (Å²) < 4.78 is 0. The standard InChI is InChI=1S/C28H26ClN5O3/c29-20-12-14-21(15-13-20)30-27(37)33-28(18-24(35)34-16-6-7-17-34)26(36)31-23-11-5-4-10-22(23)25(32-28)19-8-2-1-3-9-19/h1-5,8-15H,6-7,16-18H2,(H,31,36)(H2,30,33,37).